The van der Waals surface area contributed by atoms with Crippen molar-refractivity contribution in [3.63, 3.8) is 0 Å². The number of allylic oxidation sites excluding steroid dienone is 1. The van der Waals surface area contributed by atoms with E-state index in [-0.39, 0.29) is 0 Å². The van der Waals surface area contributed by atoms with Crippen molar-refractivity contribution in [3.05, 3.63) is 12.2 Å². The summed E-state index contributed by atoms with van der Waals surface area (Å²) < 4.78 is 0. The van der Waals surface area contributed by atoms with E-state index in [0.29, 0.717) is 0 Å². The SMILES string of the molecule is C=C(CC)CCC(CC)C(CC)C(CC)CC(C)C. The van der Waals surface area contributed by atoms with E-state index >= 15 is 0 Å². The molecule has 0 rings (SSSR count). The number of hydrogen-bond acceptors (Lipinski definition) is 0. The van der Waals surface area contributed by atoms with Crippen LogP contribution < -0.4 is 0 Å². The quantitative estimate of drug-likeness (QED) is 0.358. The van der Waals surface area contributed by atoms with Crippen molar-refractivity contribution in [2.75, 3.05) is 0 Å². The van der Waals surface area contributed by atoms with E-state index in [0.717, 1.165) is 30.1 Å². The maximum absolute atomic E-state index is 4.18. The predicted molar refractivity (Wildman–Crippen MR) is 89.5 cm³/mol. The van der Waals surface area contributed by atoms with Gasteiger partial charge in [0.1, 0.15) is 0 Å². The molecule has 0 aliphatic rings. The van der Waals surface area contributed by atoms with Gasteiger partial charge in [-0.2, -0.15) is 0 Å². The van der Waals surface area contributed by atoms with Gasteiger partial charge in [-0.25, -0.2) is 0 Å². The Kier molecular flexibility index (Phi) is 10.4. The molecule has 0 radical (unpaired) electrons. The van der Waals surface area contributed by atoms with Gasteiger partial charge in [-0.15, -0.1) is 0 Å². The Morgan fingerprint density at radius 1 is 0.895 bits per heavy atom. The van der Waals surface area contributed by atoms with E-state index in [2.05, 4.69) is 48.1 Å². The summed E-state index contributed by atoms with van der Waals surface area (Å²) in [5, 5.41) is 0. The predicted octanol–water partition coefficient (Wildman–Crippen LogP) is 6.86. The summed E-state index contributed by atoms with van der Waals surface area (Å²) in [6.07, 6.45) is 9.19. The zero-order valence-corrected chi connectivity index (χ0v) is 14.5. The van der Waals surface area contributed by atoms with E-state index in [1.54, 1.807) is 0 Å². The molecular weight excluding hydrogens is 228 g/mol. The van der Waals surface area contributed by atoms with Gasteiger partial charge in [0, 0.05) is 0 Å². The first-order chi connectivity index (χ1) is 8.99. The summed E-state index contributed by atoms with van der Waals surface area (Å²) in [6, 6.07) is 0. The second kappa shape index (κ2) is 10.5. The van der Waals surface area contributed by atoms with Crippen LogP contribution in [0.4, 0.5) is 0 Å². The van der Waals surface area contributed by atoms with Gasteiger partial charge >= 0.3 is 0 Å². The van der Waals surface area contributed by atoms with Gasteiger partial charge in [-0.3, -0.25) is 0 Å². The third kappa shape index (κ3) is 7.18. The van der Waals surface area contributed by atoms with Crippen LogP contribution in [-0.2, 0) is 0 Å². The van der Waals surface area contributed by atoms with E-state index in [1.165, 1.54) is 44.1 Å². The third-order valence-electron chi connectivity index (χ3n) is 4.87. The van der Waals surface area contributed by atoms with Gasteiger partial charge < -0.3 is 0 Å². The second-order valence-electron chi connectivity index (χ2n) is 6.68. The van der Waals surface area contributed by atoms with Crippen LogP contribution in [0.15, 0.2) is 12.2 Å². The molecule has 0 aliphatic heterocycles. The molecule has 0 heteroatoms. The van der Waals surface area contributed by atoms with E-state index in [4.69, 9.17) is 0 Å². The fraction of sp³-hybridized carbons (Fsp3) is 0.895. The molecule has 19 heavy (non-hydrogen) atoms. The lowest BCUT2D eigenvalue weighted by atomic mass is 9.72. The lowest BCUT2D eigenvalue weighted by molar-refractivity contribution is 0.173. The molecular formula is C19H38. The Hall–Kier alpha value is -0.260. The van der Waals surface area contributed by atoms with Crippen LogP contribution in [0.1, 0.15) is 86.5 Å². The van der Waals surface area contributed by atoms with Crippen LogP contribution in [0.25, 0.3) is 0 Å². The number of hydrogen-bond donors (Lipinski definition) is 0. The summed E-state index contributed by atoms with van der Waals surface area (Å²) in [5.74, 6) is 3.58. The molecule has 3 atom stereocenters. The van der Waals surface area contributed by atoms with Crippen LogP contribution in [0, 0.1) is 23.7 Å². The molecule has 3 unspecified atom stereocenters. The van der Waals surface area contributed by atoms with Crippen molar-refractivity contribution in [1.29, 1.82) is 0 Å². The Morgan fingerprint density at radius 3 is 1.84 bits per heavy atom. The molecule has 0 saturated heterocycles. The summed E-state index contributed by atoms with van der Waals surface area (Å²) in [6.45, 7) is 18.3. The van der Waals surface area contributed by atoms with Crippen LogP contribution in [-0.4, -0.2) is 0 Å². The van der Waals surface area contributed by atoms with Gasteiger partial charge in [-0.05, 0) is 49.4 Å². The first-order valence-corrected chi connectivity index (χ1v) is 8.66. The summed E-state index contributed by atoms with van der Waals surface area (Å²) in [7, 11) is 0. The Bertz CT molecular complexity index is 226. The highest BCUT2D eigenvalue weighted by molar-refractivity contribution is 4.93. The van der Waals surface area contributed by atoms with Crippen molar-refractivity contribution < 1.29 is 0 Å². The third-order valence-corrected chi connectivity index (χ3v) is 4.87. The molecule has 114 valence electrons. The second-order valence-corrected chi connectivity index (χ2v) is 6.68. The van der Waals surface area contributed by atoms with E-state index in [1.807, 2.05) is 0 Å². The van der Waals surface area contributed by atoms with Gasteiger partial charge in [0.15, 0.2) is 0 Å². The largest absolute Gasteiger partial charge is 0.0999 e. The normalized spacial score (nSPS) is 16.4. The molecule has 0 spiro atoms. The number of rotatable bonds is 11. The first kappa shape index (κ1) is 18.7. The van der Waals surface area contributed by atoms with Gasteiger partial charge in [0.05, 0.1) is 0 Å². The van der Waals surface area contributed by atoms with Crippen molar-refractivity contribution >= 4 is 0 Å². The molecule has 0 amide bonds. The topological polar surface area (TPSA) is 0 Å². The smallest absolute Gasteiger partial charge is 0.0320 e. The van der Waals surface area contributed by atoms with Crippen LogP contribution in [0.3, 0.4) is 0 Å². The average Bonchev–Trinajstić information content (AvgIpc) is 2.40. The molecule has 0 aromatic carbocycles. The maximum atomic E-state index is 4.18. The molecule has 0 fully saturated rings. The molecule has 0 aliphatic carbocycles. The van der Waals surface area contributed by atoms with Crippen LogP contribution in [0.2, 0.25) is 0 Å². The average molecular weight is 267 g/mol. The van der Waals surface area contributed by atoms with Crippen molar-refractivity contribution in [2.45, 2.75) is 86.5 Å². The molecule has 0 N–H and O–H groups in total. The van der Waals surface area contributed by atoms with Crippen LogP contribution in [0.5, 0.6) is 0 Å². The Morgan fingerprint density at radius 2 is 1.47 bits per heavy atom. The van der Waals surface area contributed by atoms with Crippen molar-refractivity contribution in [1.82, 2.24) is 0 Å². The minimum Gasteiger partial charge on any atom is -0.0999 e. The highest BCUT2D eigenvalue weighted by atomic mass is 14.3. The molecule has 0 nitrogen and oxygen atoms in total. The fourth-order valence-electron chi connectivity index (χ4n) is 3.59. The maximum Gasteiger partial charge on any atom is -0.0320 e. The lowest BCUT2D eigenvalue weighted by Gasteiger charge is -2.33. The van der Waals surface area contributed by atoms with Crippen molar-refractivity contribution in [3.8, 4) is 0 Å². The van der Waals surface area contributed by atoms with Crippen molar-refractivity contribution in [2.24, 2.45) is 23.7 Å². The molecule has 0 saturated carbocycles. The Labute approximate surface area is 123 Å². The molecule has 0 heterocycles. The zero-order valence-electron chi connectivity index (χ0n) is 14.5. The highest BCUT2D eigenvalue weighted by Crippen LogP contribution is 2.36. The summed E-state index contributed by atoms with van der Waals surface area (Å²) >= 11 is 0. The Balaban J connectivity index is 4.60. The van der Waals surface area contributed by atoms with E-state index in [9.17, 15) is 0 Å². The lowest BCUT2D eigenvalue weighted by Crippen LogP contribution is -2.24. The monoisotopic (exact) mass is 266 g/mol. The molecule has 0 aromatic rings. The standard InChI is InChI=1S/C19H38/c1-8-16(7)12-13-17(9-2)19(11-4)18(10-3)14-15(5)6/h15,17-19H,7-14H2,1-6H3. The first-order valence-electron chi connectivity index (χ1n) is 8.66. The minimum atomic E-state index is 0.835. The highest BCUT2D eigenvalue weighted by Gasteiger charge is 2.26. The fourth-order valence-corrected chi connectivity index (χ4v) is 3.59. The van der Waals surface area contributed by atoms with Gasteiger partial charge in [0.25, 0.3) is 0 Å². The summed E-state index contributed by atoms with van der Waals surface area (Å²) in [4.78, 5) is 0. The zero-order chi connectivity index (χ0) is 14.8. The minimum absolute atomic E-state index is 0.835. The van der Waals surface area contributed by atoms with Gasteiger partial charge in [0.2, 0.25) is 0 Å². The van der Waals surface area contributed by atoms with Gasteiger partial charge in [-0.1, -0.05) is 73.0 Å². The van der Waals surface area contributed by atoms with Crippen LogP contribution >= 0.6 is 0 Å². The van der Waals surface area contributed by atoms with E-state index < -0.39 is 0 Å². The summed E-state index contributed by atoms with van der Waals surface area (Å²) in [5.41, 5.74) is 1.44. The molecule has 0 aromatic heterocycles. The molecule has 0 bridgehead atoms.